The molecule has 1 saturated heterocycles. The van der Waals surface area contributed by atoms with Crippen molar-refractivity contribution in [3.05, 3.63) is 71.0 Å². The highest BCUT2D eigenvalue weighted by atomic mass is 19.1. The van der Waals surface area contributed by atoms with Crippen LogP contribution in [0.5, 0.6) is 0 Å². The highest BCUT2D eigenvalue weighted by Gasteiger charge is 2.42. The molecule has 2 heterocycles. The number of rotatable bonds is 3. The van der Waals surface area contributed by atoms with Crippen molar-refractivity contribution >= 4 is 17.9 Å². The minimum absolute atomic E-state index is 0.123. The maximum Gasteiger partial charge on any atom is 0.407 e. The van der Waals surface area contributed by atoms with Gasteiger partial charge < -0.3 is 10.0 Å². The van der Waals surface area contributed by atoms with Crippen molar-refractivity contribution in [3.8, 4) is 0 Å². The number of amides is 3. The topological polar surface area (TPSA) is 77.9 Å². The average molecular weight is 368 g/mol. The van der Waals surface area contributed by atoms with Crippen LogP contribution in [0.15, 0.2) is 48.5 Å². The van der Waals surface area contributed by atoms with E-state index in [2.05, 4.69) is 0 Å². The van der Waals surface area contributed by atoms with Crippen LogP contribution in [0, 0.1) is 11.7 Å². The van der Waals surface area contributed by atoms with E-state index in [4.69, 9.17) is 0 Å². The second-order valence-corrected chi connectivity index (χ2v) is 6.87. The largest absolute Gasteiger partial charge is 0.465 e. The first kappa shape index (κ1) is 17.2. The van der Waals surface area contributed by atoms with Gasteiger partial charge >= 0.3 is 6.09 Å². The molecule has 2 aromatic carbocycles. The van der Waals surface area contributed by atoms with Gasteiger partial charge in [-0.2, -0.15) is 0 Å². The Kier molecular flexibility index (Phi) is 4.14. The molecule has 3 amide bonds. The van der Waals surface area contributed by atoms with Gasteiger partial charge in [0.1, 0.15) is 5.82 Å². The van der Waals surface area contributed by atoms with Gasteiger partial charge in [0, 0.05) is 31.5 Å². The van der Waals surface area contributed by atoms with E-state index in [9.17, 15) is 23.9 Å². The Balaban J connectivity index is 1.61. The second-order valence-electron chi connectivity index (χ2n) is 6.87. The molecule has 0 radical (unpaired) electrons. The molecule has 1 fully saturated rings. The summed E-state index contributed by atoms with van der Waals surface area (Å²) >= 11 is 0. The first-order valence-corrected chi connectivity index (χ1v) is 8.64. The summed E-state index contributed by atoms with van der Waals surface area (Å²) in [5.41, 5.74) is 1.53. The van der Waals surface area contributed by atoms with Crippen LogP contribution in [-0.4, -0.2) is 52.4 Å². The molecule has 0 spiro atoms. The number of hydrogen-bond acceptors (Lipinski definition) is 3. The van der Waals surface area contributed by atoms with E-state index in [1.165, 1.54) is 21.9 Å². The predicted molar refractivity (Wildman–Crippen MR) is 94.0 cm³/mol. The number of carbonyl (C=O) groups is 3. The Morgan fingerprint density at radius 1 is 1.00 bits per heavy atom. The Morgan fingerprint density at radius 3 is 2.15 bits per heavy atom. The van der Waals surface area contributed by atoms with Crippen LogP contribution >= 0.6 is 0 Å². The van der Waals surface area contributed by atoms with Gasteiger partial charge in [0.15, 0.2) is 0 Å². The van der Waals surface area contributed by atoms with Crippen molar-refractivity contribution in [2.45, 2.75) is 5.92 Å². The molecule has 2 aromatic rings. The minimum atomic E-state index is -1.05. The highest BCUT2D eigenvalue weighted by Crippen LogP contribution is 2.35. The molecule has 7 heteroatoms. The fraction of sp³-hybridized carbons (Fsp3) is 0.250. The maximum atomic E-state index is 13.3. The zero-order valence-corrected chi connectivity index (χ0v) is 14.3. The summed E-state index contributed by atoms with van der Waals surface area (Å²) in [7, 11) is 0. The Morgan fingerprint density at radius 2 is 1.59 bits per heavy atom. The van der Waals surface area contributed by atoms with Gasteiger partial charge in [-0.15, -0.1) is 0 Å². The molecule has 0 unspecified atom stereocenters. The van der Waals surface area contributed by atoms with Crippen LogP contribution < -0.4 is 0 Å². The average Bonchev–Trinajstić information content (AvgIpc) is 3.19. The maximum absolute atomic E-state index is 13.3. The van der Waals surface area contributed by atoms with Crippen molar-refractivity contribution in [1.29, 1.82) is 0 Å². The van der Waals surface area contributed by atoms with Crippen LogP contribution in [0.2, 0.25) is 0 Å². The fourth-order valence-electron chi connectivity index (χ4n) is 3.94. The van der Waals surface area contributed by atoms with E-state index in [-0.39, 0.29) is 49.1 Å². The van der Waals surface area contributed by atoms with E-state index in [1.807, 2.05) is 0 Å². The third-order valence-corrected chi connectivity index (χ3v) is 5.30. The molecule has 2 aliphatic heterocycles. The van der Waals surface area contributed by atoms with Crippen molar-refractivity contribution < 1.29 is 23.9 Å². The smallest absolute Gasteiger partial charge is 0.407 e. The van der Waals surface area contributed by atoms with E-state index < -0.39 is 6.09 Å². The lowest BCUT2D eigenvalue weighted by Gasteiger charge is -2.23. The first-order valence-electron chi connectivity index (χ1n) is 8.64. The zero-order valence-electron chi connectivity index (χ0n) is 14.3. The van der Waals surface area contributed by atoms with Crippen LogP contribution in [0.1, 0.15) is 32.2 Å². The van der Waals surface area contributed by atoms with Gasteiger partial charge in [-0.05, 0) is 29.8 Å². The highest BCUT2D eigenvalue weighted by molar-refractivity contribution is 6.21. The van der Waals surface area contributed by atoms with Crippen molar-refractivity contribution in [3.63, 3.8) is 0 Å². The molecule has 1 N–H and O–H groups in total. The number of hydrogen-bond donors (Lipinski definition) is 1. The Labute approximate surface area is 154 Å². The molecule has 0 bridgehead atoms. The first-order chi connectivity index (χ1) is 13.0. The van der Waals surface area contributed by atoms with E-state index in [1.54, 1.807) is 36.4 Å². The summed E-state index contributed by atoms with van der Waals surface area (Å²) in [5, 5.41) is 9.37. The summed E-state index contributed by atoms with van der Waals surface area (Å²) in [5.74, 6) is -1.56. The monoisotopic (exact) mass is 368 g/mol. The van der Waals surface area contributed by atoms with Crippen molar-refractivity contribution in [2.75, 3.05) is 19.6 Å². The molecular weight excluding hydrogens is 351 g/mol. The molecule has 138 valence electrons. The summed E-state index contributed by atoms with van der Waals surface area (Å²) in [6.45, 7) is 0.581. The fourth-order valence-corrected chi connectivity index (χ4v) is 3.94. The van der Waals surface area contributed by atoms with Gasteiger partial charge in [-0.1, -0.05) is 24.3 Å². The quantitative estimate of drug-likeness (QED) is 0.845. The molecule has 6 nitrogen and oxygen atoms in total. The van der Waals surface area contributed by atoms with E-state index in [0.29, 0.717) is 11.1 Å². The standard InChI is InChI=1S/C20H17FN2O4/c21-14-7-5-12(6-8-14)17-11-22(20(26)27)9-13(17)10-23-18(24)15-3-1-2-4-16(15)19(23)25/h1-8,13,17H,9-11H2,(H,26,27)/t13-,17-/m0/s1. The van der Waals surface area contributed by atoms with Gasteiger partial charge in [-0.3, -0.25) is 14.5 Å². The molecule has 4 rings (SSSR count). The molecule has 27 heavy (non-hydrogen) atoms. The van der Waals surface area contributed by atoms with Crippen LogP contribution in [0.25, 0.3) is 0 Å². The summed E-state index contributed by atoms with van der Waals surface area (Å²) in [6, 6.07) is 12.6. The lowest BCUT2D eigenvalue weighted by molar-refractivity contribution is 0.0627. The number of imide groups is 1. The number of halogens is 1. The number of carboxylic acid groups (broad SMARTS) is 1. The van der Waals surface area contributed by atoms with E-state index in [0.717, 1.165) is 5.56 Å². The summed E-state index contributed by atoms with van der Waals surface area (Å²) in [4.78, 5) is 39.2. The number of benzene rings is 2. The Hall–Kier alpha value is -3.22. The molecule has 0 saturated carbocycles. The molecule has 2 aliphatic rings. The third kappa shape index (κ3) is 2.95. The van der Waals surface area contributed by atoms with Crippen LogP contribution in [0.4, 0.5) is 9.18 Å². The van der Waals surface area contributed by atoms with Crippen LogP contribution in [0.3, 0.4) is 0 Å². The normalized spacial score (nSPS) is 21.7. The lowest BCUT2D eigenvalue weighted by atomic mass is 9.88. The Bertz CT molecular complexity index is 893. The number of fused-ring (bicyclic) bond motifs is 1. The van der Waals surface area contributed by atoms with Gasteiger partial charge in [0.2, 0.25) is 0 Å². The van der Waals surface area contributed by atoms with E-state index >= 15 is 0 Å². The lowest BCUT2D eigenvalue weighted by Crippen LogP contribution is -2.37. The number of likely N-dealkylation sites (tertiary alicyclic amines) is 1. The molecular formula is C20H17FN2O4. The van der Waals surface area contributed by atoms with Crippen molar-refractivity contribution in [1.82, 2.24) is 9.80 Å². The van der Waals surface area contributed by atoms with Gasteiger partial charge in [0.05, 0.1) is 11.1 Å². The molecule has 2 atom stereocenters. The van der Waals surface area contributed by atoms with Gasteiger partial charge in [0.25, 0.3) is 11.8 Å². The van der Waals surface area contributed by atoms with Gasteiger partial charge in [-0.25, -0.2) is 9.18 Å². The number of carbonyl (C=O) groups excluding carboxylic acids is 2. The zero-order chi connectivity index (χ0) is 19.1. The molecule has 0 aliphatic carbocycles. The predicted octanol–water partition coefficient (Wildman–Crippen LogP) is 2.82. The molecule has 0 aromatic heterocycles. The second kappa shape index (κ2) is 6.50. The minimum Gasteiger partial charge on any atom is -0.465 e. The summed E-state index contributed by atoms with van der Waals surface area (Å²) in [6.07, 6.45) is -1.05. The number of nitrogens with zero attached hydrogens (tertiary/aromatic N) is 2. The van der Waals surface area contributed by atoms with Crippen LogP contribution in [-0.2, 0) is 0 Å². The SMILES string of the molecule is O=C(O)N1C[C@@H](CN2C(=O)c3ccccc3C2=O)[C@H](c2ccc(F)cc2)C1. The summed E-state index contributed by atoms with van der Waals surface area (Å²) < 4.78 is 13.3. The van der Waals surface area contributed by atoms with Crippen molar-refractivity contribution in [2.24, 2.45) is 5.92 Å². The third-order valence-electron chi connectivity index (χ3n) is 5.30.